The topological polar surface area (TPSA) is 29.5 Å². The minimum absolute atomic E-state index is 0.370. The van der Waals surface area contributed by atoms with E-state index in [0.717, 1.165) is 30.1 Å². The molecule has 2 aromatic rings. The predicted molar refractivity (Wildman–Crippen MR) is 83.7 cm³/mol. The van der Waals surface area contributed by atoms with E-state index in [1.807, 2.05) is 30.3 Å². The number of ketones is 1. The maximum Gasteiger partial charge on any atom is 0.136 e. The van der Waals surface area contributed by atoms with Gasteiger partial charge in [0, 0.05) is 31.6 Å². The summed E-state index contributed by atoms with van der Waals surface area (Å²) >= 11 is 0. The maximum atomic E-state index is 11.3. The molecule has 0 unspecified atom stereocenters. The van der Waals surface area contributed by atoms with Crippen LogP contribution in [-0.4, -0.2) is 18.9 Å². The van der Waals surface area contributed by atoms with Gasteiger partial charge in [-0.15, -0.1) is 0 Å². The molecule has 0 N–H and O–H groups in total. The van der Waals surface area contributed by atoms with Crippen molar-refractivity contribution >= 4 is 11.5 Å². The number of hydrogen-bond acceptors (Lipinski definition) is 3. The highest BCUT2D eigenvalue weighted by Crippen LogP contribution is 2.22. The summed E-state index contributed by atoms with van der Waals surface area (Å²) in [6, 6.07) is 18.3. The van der Waals surface area contributed by atoms with Gasteiger partial charge in [0.05, 0.1) is 0 Å². The quantitative estimate of drug-likeness (QED) is 0.860. The summed E-state index contributed by atoms with van der Waals surface area (Å²) < 4.78 is 5.78. The molecule has 1 aliphatic heterocycles. The summed E-state index contributed by atoms with van der Waals surface area (Å²) in [5, 5.41) is 0. The molecule has 0 amide bonds. The molecule has 21 heavy (non-hydrogen) atoms. The largest absolute Gasteiger partial charge is 0.489 e. The van der Waals surface area contributed by atoms with Crippen molar-refractivity contribution in [3.63, 3.8) is 0 Å². The monoisotopic (exact) mass is 281 g/mol. The molecule has 1 aliphatic rings. The second-order valence-electron chi connectivity index (χ2n) is 5.29. The molecular weight excluding hydrogens is 262 g/mol. The van der Waals surface area contributed by atoms with E-state index in [0.29, 0.717) is 25.2 Å². The smallest absolute Gasteiger partial charge is 0.136 e. The summed E-state index contributed by atoms with van der Waals surface area (Å²) in [7, 11) is 0. The number of Topliss-reactive ketones (excluding diaryl/α,β-unsaturated/α-hetero) is 1. The second kappa shape index (κ2) is 6.44. The van der Waals surface area contributed by atoms with Crippen LogP contribution < -0.4 is 9.64 Å². The lowest BCUT2D eigenvalue weighted by Crippen LogP contribution is -2.33. The Morgan fingerprint density at radius 2 is 1.57 bits per heavy atom. The van der Waals surface area contributed by atoms with Crippen LogP contribution in [0, 0.1) is 0 Å². The van der Waals surface area contributed by atoms with Gasteiger partial charge in [0.1, 0.15) is 18.1 Å². The molecule has 3 heteroatoms. The Kier molecular flexibility index (Phi) is 4.20. The van der Waals surface area contributed by atoms with Crippen LogP contribution in [0.3, 0.4) is 0 Å². The summed E-state index contributed by atoms with van der Waals surface area (Å²) in [4.78, 5) is 13.5. The minimum atomic E-state index is 0.370. The molecule has 0 saturated carbocycles. The fourth-order valence-corrected chi connectivity index (χ4v) is 2.51. The molecule has 2 aromatic carbocycles. The van der Waals surface area contributed by atoms with Gasteiger partial charge in [0.15, 0.2) is 0 Å². The van der Waals surface area contributed by atoms with Gasteiger partial charge in [0.25, 0.3) is 0 Å². The lowest BCUT2D eigenvalue weighted by molar-refractivity contribution is -0.119. The van der Waals surface area contributed by atoms with Gasteiger partial charge in [-0.2, -0.15) is 0 Å². The Bertz CT molecular complexity index is 582. The molecule has 0 aromatic heterocycles. The molecule has 108 valence electrons. The van der Waals surface area contributed by atoms with E-state index >= 15 is 0 Å². The SMILES string of the molecule is O=C1CCN(c2ccc(OCc3ccccc3)cc2)CC1. The summed E-state index contributed by atoms with van der Waals surface area (Å²) in [5.74, 6) is 1.24. The van der Waals surface area contributed by atoms with Crippen LogP contribution in [0.2, 0.25) is 0 Å². The first-order valence-corrected chi connectivity index (χ1v) is 7.35. The Morgan fingerprint density at radius 1 is 0.905 bits per heavy atom. The third-order valence-electron chi connectivity index (χ3n) is 3.77. The maximum absolute atomic E-state index is 11.3. The van der Waals surface area contributed by atoms with Gasteiger partial charge in [-0.3, -0.25) is 4.79 Å². The van der Waals surface area contributed by atoms with Gasteiger partial charge < -0.3 is 9.64 Å². The molecule has 0 radical (unpaired) electrons. The van der Waals surface area contributed by atoms with Crippen molar-refractivity contribution in [2.24, 2.45) is 0 Å². The van der Waals surface area contributed by atoms with Crippen LogP contribution in [0.4, 0.5) is 5.69 Å². The number of piperidine rings is 1. The highest BCUT2D eigenvalue weighted by atomic mass is 16.5. The standard InChI is InChI=1S/C18H19NO2/c20-17-10-12-19(13-11-17)16-6-8-18(9-7-16)21-14-15-4-2-1-3-5-15/h1-9H,10-14H2. The first-order valence-electron chi connectivity index (χ1n) is 7.35. The Labute approximate surface area is 125 Å². The number of hydrogen-bond donors (Lipinski definition) is 0. The van der Waals surface area contributed by atoms with Crippen molar-refractivity contribution in [1.82, 2.24) is 0 Å². The van der Waals surface area contributed by atoms with E-state index in [1.165, 1.54) is 0 Å². The van der Waals surface area contributed by atoms with Crippen LogP contribution >= 0.6 is 0 Å². The number of nitrogens with zero attached hydrogens (tertiary/aromatic N) is 1. The van der Waals surface area contributed by atoms with Crippen molar-refractivity contribution < 1.29 is 9.53 Å². The van der Waals surface area contributed by atoms with Gasteiger partial charge >= 0.3 is 0 Å². The lowest BCUT2D eigenvalue weighted by Gasteiger charge is -2.28. The number of rotatable bonds is 4. The summed E-state index contributed by atoms with van der Waals surface area (Å²) in [6.45, 7) is 2.23. The van der Waals surface area contributed by atoms with Gasteiger partial charge in [0.2, 0.25) is 0 Å². The lowest BCUT2D eigenvalue weighted by atomic mass is 10.1. The van der Waals surface area contributed by atoms with Crippen LogP contribution in [0.25, 0.3) is 0 Å². The van der Waals surface area contributed by atoms with Gasteiger partial charge in [-0.25, -0.2) is 0 Å². The summed E-state index contributed by atoms with van der Waals surface area (Å²) in [6.07, 6.45) is 1.32. The number of carbonyl (C=O) groups excluding carboxylic acids is 1. The van der Waals surface area contributed by atoms with Crippen LogP contribution in [0.5, 0.6) is 5.75 Å². The molecule has 3 rings (SSSR count). The molecule has 1 heterocycles. The fraction of sp³-hybridized carbons (Fsp3) is 0.278. The first kappa shape index (κ1) is 13.7. The molecule has 1 fully saturated rings. The van der Waals surface area contributed by atoms with Crippen molar-refractivity contribution in [2.75, 3.05) is 18.0 Å². The third kappa shape index (κ3) is 3.63. The van der Waals surface area contributed by atoms with E-state index < -0.39 is 0 Å². The van der Waals surface area contributed by atoms with Crippen LogP contribution in [0.1, 0.15) is 18.4 Å². The zero-order chi connectivity index (χ0) is 14.5. The Balaban J connectivity index is 1.58. The molecule has 0 atom stereocenters. The number of ether oxygens (including phenoxy) is 1. The van der Waals surface area contributed by atoms with Crippen molar-refractivity contribution in [3.05, 3.63) is 60.2 Å². The van der Waals surface area contributed by atoms with E-state index in [-0.39, 0.29) is 0 Å². The number of carbonyl (C=O) groups is 1. The molecule has 0 bridgehead atoms. The minimum Gasteiger partial charge on any atom is -0.489 e. The first-order chi connectivity index (χ1) is 10.3. The average Bonchev–Trinajstić information content (AvgIpc) is 2.55. The van der Waals surface area contributed by atoms with E-state index in [2.05, 4.69) is 29.2 Å². The van der Waals surface area contributed by atoms with E-state index in [9.17, 15) is 4.79 Å². The number of benzene rings is 2. The molecule has 3 nitrogen and oxygen atoms in total. The highest BCUT2D eigenvalue weighted by Gasteiger charge is 2.16. The van der Waals surface area contributed by atoms with Crippen molar-refractivity contribution in [1.29, 1.82) is 0 Å². The molecule has 1 saturated heterocycles. The summed E-state index contributed by atoms with van der Waals surface area (Å²) in [5.41, 5.74) is 2.32. The molecular formula is C18H19NO2. The van der Waals surface area contributed by atoms with Crippen molar-refractivity contribution in [2.45, 2.75) is 19.4 Å². The predicted octanol–water partition coefficient (Wildman–Crippen LogP) is 3.43. The average molecular weight is 281 g/mol. The third-order valence-corrected chi connectivity index (χ3v) is 3.77. The molecule has 0 aliphatic carbocycles. The van der Waals surface area contributed by atoms with Gasteiger partial charge in [-0.05, 0) is 29.8 Å². The highest BCUT2D eigenvalue weighted by molar-refractivity contribution is 5.81. The zero-order valence-electron chi connectivity index (χ0n) is 12.0. The van der Waals surface area contributed by atoms with Crippen LogP contribution in [-0.2, 0) is 11.4 Å². The van der Waals surface area contributed by atoms with E-state index in [4.69, 9.17) is 4.74 Å². The Hall–Kier alpha value is -2.29. The second-order valence-corrected chi connectivity index (χ2v) is 5.29. The normalized spacial score (nSPS) is 15.0. The van der Waals surface area contributed by atoms with Crippen LogP contribution in [0.15, 0.2) is 54.6 Å². The Morgan fingerprint density at radius 3 is 2.24 bits per heavy atom. The van der Waals surface area contributed by atoms with Gasteiger partial charge in [-0.1, -0.05) is 30.3 Å². The number of anilines is 1. The van der Waals surface area contributed by atoms with Crippen molar-refractivity contribution in [3.8, 4) is 5.75 Å². The molecule has 0 spiro atoms. The van der Waals surface area contributed by atoms with E-state index in [1.54, 1.807) is 0 Å². The zero-order valence-corrected chi connectivity index (χ0v) is 12.0. The fourth-order valence-electron chi connectivity index (χ4n) is 2.51.